The highest BCUT2D eigenvalue weighted by atomic mass is 16.2. The Labute approximate surface area is 160 Å². The molecule has 7 nitrogen and oxygen atoms in total. The van der Waals surface area contributed by atoms with Crippen molar-refractivity contribution in [2.24, 2.45) is 0 Å². The summed E-state index contributed by atoms with van der Waals surface area (Å²) < 4.78 is 1.96. The van der Waals surface area contributed by atoms with Gasteiger partial charge in [-0.25, -0.2) is 0 Å². The number of nitrogens with one attached hydrogen (secondary N) is 1. The lowest BCUT2D eigenvalue weighted by Crippen LogP contribution is -2.49. The van der Waals surface area contributed by atoms with Crippen LogP contribution in [-0.4, -0.2) is 69.7 Å². The van der Waals surface area contributed by atoms with Crippen LogP contribution in [-0.2, 0) is 0 Å². The Morgan fingerprint density at radius 1 is 1.26 bits per heavy atom. The molecule has 7 heteroatoms. The van der Waals surface area contributed by atoms with Gasteiger partial charge in [0.2, 0.25) is 0 Å². The summed E-state index contributed by atoms with van der Waals surface area (Å²) in [6.07, 6.45) is 7.95. The Kier molecular flexibility index (Phi) is 5.50. The number of nitrogens with zero attached hydrogens (tertiary/aromatic N) is 5. The second kappa shape index (κ2) is 8.19. The molecule has 27 heavy (non-hydrogen) atoms. The second-order valence-corrected chi connectivity index (χ2v) is 7.47. The number of pyridine rings is 1. The van der Waals surface area contributed by atoms with Crippen LogP contribution in [0.4, 0.5) is 0 Å². The van der Waals surface area contributed by atoms with Crippen LogP contribution in [0.15, 0.2) is 36.8 Å². The summed E-state index contributed by atoms with van der Waals surface area (Å²) in [6, 6.07) is 6.62. The topological polar surface area (TPSA) is 66.3 Å². The summed E-state index contributed by atoms with van der Waals surface area (Å²) in [7, 11) is 0. The summed E-state index contributed by atoms with van der Waals surface area (Å²) in [6.45, 7) is 7.42. The van der Waals surface area contributed by atoms with Gasteiger partial charge in [0.1, 0.15) is 5.69 Å². The van der Waals surface area contributed by atoms with Crippen molar-refractivity contribution >= 4 is 5.91 Å². The Morgan fingerprint density at radius 2 is 2.11 bits per heavy atom. The van der Waals surface area contributed by atoms with E-state index in [1.165, 1.54) is 5.56 Å². The smallest absolute Gasteiger partial charge is 0.274 e. The van der Waals surface area contributed by atoms with Crippen molar-refractivity contribution in [3.63, 3.8) is 0 Å². The van der Waals surface area contributed by atoms with E-state index in [9.17, 15) is 4.79 Å². The maximum Gasteiger partial charge on any atom is 0.274 e. The van der Waals surface area contributed by atoms with E-state index < -0.39 is 0 Å². The number of aromatic nitrogens is 3. The van der Waals surface area contributed by atoms with E-state index in [2.05, 4.69) is 33.3 Å². The van der Waals surface area contributed by atoms with Crippen LogP contribution in [0.1, 0.15) is 47.9 Å². The molecule has 1 amide bonds. The third-order valence-electron chi connectivity index (χ3n) is 5.79. The predicted octanol–water partition coefficient (Wildman–Crippen LogP) is 1.72. The number of carbonyl (C=O) groups excluding carboxylic acids is 1. The Hall–Kier alpha value is -2.25. The molecule has 2 atom stereocenters. The molecule has 4 heterocycles. The van der Waals surface area contributed by atoms with Crippen molar-refractivity contribution in [1.29, 1.82) is 0 Å². The number of carbonyl (C=O) groups is 1. The lowest BCUT2D eigenvalue weighted by atomic mass is 10.1. The van der Waals surface area contributed by atoms with Crippen LogP contribution in [0, 0.1) is 0 Å². The zero-order valence-electron chi connectivity index (χ0n) is 15.9. The molecule has 1 N–H and O–H groups in total. The van der Waals surface area contributed by atoms with E-state index in [4.69, 9.17) is 0 Å². The van der Waals surface area contributed by atoms with Crippen molar-refractivity contribution < 1.29 is 4.79 Å². The van der Waals surface area contributed by atoms with Gasteiger partial charge in [0, 0.05) is 57.4 Å². The van der Waals surface area contributed by atoms with Gasteiger partial charge in [0.25, 0.3) is 5.91 Å². The van der Waals surface area contributed by atoms with Crippen molar-refractivity contribution in [3.8, 4) is 0 Å². The van der Waals surface area contributed by atoms with E-state index >= 15 is 0 Å². The van der Waals surface area contributed by atoms with Crippen molar-refractivity contribution in [1.82, 2.24) is 29.9 Å². The monoisotopic (exact) mass is 368 g/mol. The highest BCUT2D eigenvalue weighted by Gasteiger charge is 2.27. The average Bonchev–Trinajstić information content (AvgIpc) is 3.24. The average molecular weight is 368 g/mol. The molecule has 2 unspecified atom stereocenters. The highest BCUT2D eigenvalue weighted by molar-refractivity contribution is 5.92. The summed E-state index contributed by atoms with van der Waals surface area (Å²) >= 11 is 0. The van der Waals surface area contributed by atoms with Gasteiger partial charge in [-0.2, -0.15) is 5.10 Å². The number of rotatable bonds is 4. The maximum absolute atomic E-state index is 12.8. The van der Waals surface area contributed by atoms with Crippen LogP contribution < -0.4 is 5.32 Å². The second-order valence-electron chi connectivity index (χ2n) is 7.47. The fourth-order valence-electron chi connectivity index (χ4n) is 4.02. The molecule has 2 fully saturated rings. The molecular formula is C20H28N6O. The molecular weight excluding hydrogens is 340 g/mol. The van der Waals surface area contributed by atoms with Gasteiger partial charge in [-0.15, -0.1) is 0 Å². The Bertz CT molecular complexity index is 747. The molecule has 2 aromatic rings. The zero-order chi connectivity index (χ0) is 18.6. The normalized spacial score (nSPS) is 22.6. The van der Waals surface area contributed by atoms with Gasteiger partial charge >= 0.3 is 0 Å². The van der Waals surface area contributed by atoms with E-state index in [-0.39, 0.29) is 5.91 Å². The molecule has 2 saturated heterocycles. The molecule has 2 aliphatic heterocycles. The maximum atomic E-state index is 12.8. The fraction of sp³-hybridized carbons (Fsp3) is 0.550. The molecule has 4 rings (SSSR count). The molecule has 0 aromatic carbocycles. The molecule has 0 aliphatic carbocycles. The summed E-state index contributed by atoms with van der Waals surface area (Å²) in [5.74, 6) is 0.0474. The third kappa shape index (κ3) is 4.04. The van der Waals surface area contributed by atoms with Gasteiger partial charge in [-0.05, 0) is 44.0 Å². The van der Waals surface area contributed by atoms with Gasteiger partial charge in [0.05, 0.1) is 6.04 Å². The SMILES string of the molecule is CC(c1cccnc1)N1CCN(C(=O)c2ccn(C3CCCNC3)n2)CC1. The lowest BCUT2D eigenvalue weighted by molar-refractivity contribution is 0.0575. The number of piperidine rings is 1. The van der Waals surface area contributed by atoms with Crippen LogP contribution in [0.3, 0.4) is 0 Å². The molecule has 2 aliphatic rings. The van der Waals surface area contributed by atoms with Gasteiger partial charge < -0.3 is 10.2 Å². The molecule has 144 valence electrons. The molecule has 0 saturated carbocycles. The Morgan fingerprint density at radius 3 is 2.81 bits per heavy atom. The van der Waals surface area contributed by atoms with Crippen LogP contribution >= 0.6 is 0 Å². The summed E-state index contributed by atoms with van der Waals surface area (Å²) in [4.78, 5) is 21.4. The standard InChI is InChI=1S/C20H28N6O/c1-16(17-4-2-7-21-14-17)24-10-12-25(13-11-24)20(27)19-6-9-26(23-19)18-5-3-8-22-15-18/h2,4,6-7,9,14,16,18,22H,3,5,8,10-13,15H2,1H3. The van der Waals surface area contributed by atoms with Crippen molar-refractivity contribution in [3.05, 3.63) is 48.0 Å². The van der Waals surface area contributed by atoms with Gasteiger partial charge in [-0.3, -0.25) is 19.4 Å². The fourth-order valence-corrected chi connectivity index (χ4v) is 4.02. The van der Waals surface area contributed by atoms with E-state index in [0.717, 1.165) is 52.1 Å². The van der Waals surface area contributed by atoms with Crippen molar-refractivity contribution in [2.75, 3.05) is 39.3 Å². The minimum Gasteiger partial charge on any atom is -0.335 e. The number of amides is 1. The van der Waals surface area contributed by atoms with Crippen LogP contribution in [0.5, 0.6) is 0 Å². The molecule has 0 radical (unpaired) electrons. The number of hydrogen-bond donors (Lipinski definition) is 1. The summed E-state index contributed by atoms with van der Waals surface area (Å²) in [5, 5.41) is 7.97. The quantitative estimate of drug-likeness (QED) is 0.890. The summed E-state index contributed by atoms with van der Waals surface area (Å²) in [5.41, 5.74) is 1.78. The lowest BCUT2D eigenvalue weighted by Gasteiger charge is -2.37. The van der Waals surface area contributed by atoms with E-state index in [0.29, 0.717) is 17.8 Å². The number of hydrogen-bond acceptors (Lipinski definition) is 5. The molecule has 2 aromatic heterocycles. The molecule has 0 spiro atoms. The van der Waals surface area contributed by atoms with Crippen LogP contribution in [0.2, 0.25) is 0 Å². The first kappa shape index (κ1) is 18.1. The van der Waals surface area contributed by atoms with Gasteiger partial charge in [-0.1, -0.05) is 6.07 Å². The van der Waals surface area contributed by atoms with Gasteiger partial charge in [0.15, 0.2) is 0 Å². The highest BCUT2D eigenvalue weighted by Crippen LogP contribution is 2.21. The first-order valence-corrected chi connectivity index (χ1v) is 9.91. The first-order chi connectivity index (χ1) is 13.2. The third-order valence-corrected chi connectivity index (χ3v) is 5.79. The Balaban J connectivity index is 1.34. The van der Waals surface area contributed by atoms with E-state index in [1.807, 2.05) is 34.1 Å². The largest absolute Gasteiger partial charge is 0.335 e. The zero-order valence-corrected chi connectivity index (χ0v) is 15.9. The number of piperazine rings is 1. The van der Waals surface area contributed by atoms with E-state index in [1.54, 1.807) is 6.20 Å². The minimum atomic E-state index is 0.0474. The van der Waals surface area contributed by atoms with Crippen LogP contribution in [0.25, 0.3) is 0 Å². The predicted molar refractivity (Wildman–Crippen MR) is 103 cm³/mol. The molecule has 0 bridgehead atoms. The minimum absolute atomic E-state index is 0.0474. The van der Waals surface area contributed by atoms with Crippen molar-refractivity contribution in [2.45, 2.75) is 31.8 Å². The first-order valence-electron chi connectivity index (χ1n) is 9.91.